The number of carbonyl (C=O) groups is 2. The Morgan fingerprint density at radius 2 is 1.97 bits per heavy atom. The number of allylic oxidation sites excluding steroid dienone is 1. The lowest BCUT2D eigenvalue weighted by molar-refractivity contribution is -0.138. The van der Waals surface area contributed by atoms with Crippen LogP contribution in [-0.4, -0.2) is 52.0 Å². The van der Waals surface area contributed by atoms with Crippen molar-refractivity contribution in [2.75, 3.05) is 13.1 Å². The molecule has 0 bridgehead atoms. The summed E-state index contributed by atoms with van der Waals surface area (Å²) in [4.78, 5) is 27.9. The lowest BCUT2D eigenvalue weighted by Crippen LogP contribution is -2.52. The summed E-state index contributed by atoms with van der Waals surface area (Å²) in [6, 6.07) is -0.0491. The molecule has 0 aromatic carbocycles. The zero-order valence-electron chi connectivity index (χ0n) is 17.4. The summed E-state index contributed by atoms with van der Waals surface area (Å²) in [5.41, 5.74) is 7.57. The molecule has 3 N–H and O–H groups in total. The van der Waals surface area contributed by atoms with Crippen molar-refractivity contribution in [1.29, 1.82) is 0 Å². The maximum absolute atomic E-state index is 15.4. The molecule has 0 spiro atoms. The van der Waals surface area contributed by atoms with Crippen molar-refractivity contribution in [2.45, 2.75) is 57.5 Å². The largest absolute Gasteiger partial charge is 0.478 e. The second-order valence-electron chi connectivity index (χ2n) is 9.72. The summed E-state index contributed by atoms with van der Waals surface area (Å²) in [5.74, 6) is -1.01. The van der Waals surface area contributed by atoms with Crippen molar-refractivity contribution < 1.29 is 19.1 Å². The third kappa shape index (κ3) is 3.09. The number of carboxylic acids is 1. The summed E-state index contributed by atoms with van der Waals surface area (Å²) in [7, 11) is 0. The number of amides is 1. The van der Waals surface area contributed by atoms with Crippen LogP contribution in [0.3, 0.4) is 0 Å². The predicted octanol–water partition coefficient (Wildman–Crippen LogP) is 2.78. The van der Waals surface area contributed by atoms with Gasteiger partial charge in [0.1, 0.15) is 5.57 Å². The fraction of sp³-hybridized carbons (Fsp3) is 0.652. The van der Waals surface area contributed by atoms with Crippen molar-refractivity contribution in [3.05, 3.63) is 34.9 Å². The number of fused-ring (bicyclic) bond motifs is 2. The van der Waals surface area contributed by atoms with Crippen LogP contribution in [0.25, 0.3) is 0 Å². The van der Waals surface area contributed by atoms with Gasteiger partial charge in [0.05, 0.1) is 11.7 Å². The molecule has 6 nitrogen and oxygen atoms in total. The quantitative estimate of drug-likeness (QED) is 0.692. The van der Waals surface area contributed by atoms with Gasteiger partial charge in [-0.15, -0.1) is 0 Å². The van der Waals surface area contributed by atoms with Gasteiger partial charge in [-0.05, 0) is 62.4 Å². The van der Waals surface area contributed by atoms with Crippen molar-refractivity contribution in [3.63, 3.8) is 0 Å². The van der Waals surface area contributed by atoms with Crippen LogP contribution in [0.15, 0.2) is 34.9 Å². The Bertz CT molecular complexity index is 875. The maximum atomic E-state index is 15.4. The van der Waals surface area contributed by atoms with Crippen LogP contribution < -0.4 is 5.73 Å². The van der Waals surface area contributed by atoms with E-state index in [2.05, 4.69) is 4.90 Å². The first kappa shape index (κ1) is 19.8. The molecule has 5 atom stereocenters. The molecule has 5 unspecified atom stereocenters. The molecule has 3 heterocycles. The summed E-state index contributed by atoms with van der Waals surface area (Å²) in [6.07, 6.45) is 9.24. The molecule has 7 heteroatoms. The van der Waals surface area contributed by atoms with Crippen LogP contribution in [-0.2, 0) is 9.59 Å². The predicted molar refractivity (Wildman–Crippen MR) is 109 cm³/mol. The van der Waals surface area contributed by atoms with E-state index < -0.39 is 17.7 Å². The monoisotopic (exact) mass is 415 g/mol. The highest BCUT2D eigenvalue weighted by Gasteiger charge is 2.48. The third-order valence-corrected chi connectivity index (χ3v) is 7.95. The second kappa shape index (κ2) is 7.22. The molecule has 1 saturated heterocycles. The van der Waals surface area contributed by atoms with Crippen molar-refractivity contribution in [2.24, 2.45) is 29.4 Å². The molecule has 0 aromatic heterocycles. The standard InChI is InChI=1S/C23H30FN3O3/c1-12-20-16(13-5-6-13)9-17(23(29)30)22(28)27(20)11-18(24)21(12)26-8-7-15-14(10-26)3-2-4-19(15)25/h9,11,13-16,19-20H,2-8,10,25H2,1H3,(H,29,30). The first-order valence-corrected chi connectivity index (χ1v) is 11.2. The van der Waals surface area contributed by atoms with Crippen molar-refractivity contribution >= 4 is 11.9 Å². The highest BCUT2D eigenvalue weighted by molar-refractivity contribution is 6.16. The van der Waals surface area contributed by atoms with E-state index in [9.17, 15) is 14.7 Å². The minimum absolute atomic E-state index is 0.0752. The first-order valence-electron chi connectivity index (χ1n) is 11.2. The van der Waals surface area contributed by atoms with Crippen LogP contribution in [0.4, 0.5) is 4.39 Å². The first-order chi connectivity index (χ1) is 14.4. The van der Waals surface area contributed by atoms with Gasteiger partial charge in [0.15, 0.2) is 5.83 Å². The van der Waals surface area contributed by atoms with Gasteiger partial charge in [0.25, 0.3) is 5.91 Å². The van der Waals surface area contributed by atoms with E-state index in [0.29, 0.717) is 23.5 Å². The zero-order chi connectivity index (χ0) is 21.2. The van der Waals surface area contributed by atoms with Gasteiger partial charge in [-0.3, -0.25) is 4.79 Å². The average molecular weight is 416 g/mol. The van der Waals surface area contributed by atoms with Gasteiger partial charge < -0.3 is 20.6 Å². The molecule has 0 aromatic rings. The highest BCUT2D eigenvalue weighted by atomic mass is 19.1. The summed E-state index contributed by atoms with van der Waals surface area (Å²) >= 11 is 0. The summed E-state index contributed by atoms with van der Waals surface area (Å²) in [5, 5.41) is 9.48. The van der Waals surface area contributed by atoms with Crippen LogP contribution in [0, 0.1) is 23.7 Å². The Hall–Kier alpha value is -2.15. The lowest BCUT2D eigenvalue weighted by Gasteiger charge is -2.48. The average Bonchev–Trinajstić information content (AvgIpc) is 3.54. The molecule has 2 saturated carbocycles. The maximum Gasteiger partial charge on any atom is 0.341 e. The van der Waals surface area contributed by atoms with Gasteiger partial charge in [0.2, 0.25) is 0 Å². The number of nitrogens with two attached hydrogens (primary N) is 1. The number of carboxylic acid groups (broad SMARTS) is 1. The fourth-order valence-corrected chi connectivity index (χ4v) is 6.34. The highest BCUT2D eigenvalue weighted by Crippen LogP contribution is 2.48. The molecule has 3 fully saturated rings. The van der Waals surface area contributed by atoms with Gasteiger partial charge >= 0.3 is 5.97 Å². The Morgan fingerprint density at radius 3 is 2.67 bits per heavy atom. The van der Waals surface area contributed by atoms with Crippen molar-refractivity contribution in [3.8, 4) is 0 Å². The smallest absolute Gasteiger partial charge is 0.341 e. The van der Waals surface area contributed by atoms with Gasteiger partial charge in [-0.2, -0.15) is 0 Å². The van der Waals surface area contributed by atoms with Gasteiger partial charge in [-0.25, -0.2) is 9.18 Å². The van der Waals surface area contributed by atoms with Crippen LogP contribution in [0.2, 0.25) is 0 Å². The minimum Gasteiger partial charge on any atom is -0.478 e. The number of hydrogen-bond acceptors (Lipinski definition) is 4. The molecular formula is C23H30FN3O3. The van der Waals surface area contributed by atoms with Crippen LogP contribution in [0.1, 0.15) is 45.4 Å². The molecule has 5 aliphatic rings. The molecular weight excluding hydrogens is 385 g/mol. The number of nitrogens with zero attached hydrogens (tertiary/aromatic N) is 2. The number of piperidine rings is 1. The molecule has 3 aliphatic heterocycles. The minimum atomic E-state index is -1.24. The molecule has 2 aliphatic carbocycles. The summed E-state index contributed by atoms with van der Waals surface area (Å²) < 4.78 is 15.4. The van der Waals surface area contributed by atoms with E-state index in [1.54, 1.807) is 6.08 Å². The van der Waals surface area contributed by atoms with E-state index in [-0.39, 0.29) is 23.6 Å². The number of rotatable bonds is 3. The number of hydrogen-bond donors (Lipinski definition) is 2. The van der Waals surface area contributed by atoms with E-state index in [0.717, 1.165) is 57.2 Å². The van der Waals surface area contributed by atoms with Crippen molar-refractivity contribution in [1.82, 2.24) is 9.80 Å². The lowest BCUT2D eigenvalue weighted by atomic mass is 9.72. The Labute approximate surface area is 176 Å². The zero-order valence-corrected chi connectivity index (χ0v) is 17.4. The molecule has 30 heavy (non-hydrogen) atoms. The topological polar surface area (TPSA) is 86.9 Å². The van der Waals surface area contributed by atoms with Crippen LogP contribution >= 0.6 is 0 Å². The molecule has 1 amide bonds. The normalized spacial score (nSPS) is 36.8. The number of likely N-dealkylation sites (tertiary alicyclic amines) is 1. The Morgan fingerprint density at radius 1 is 1.20 bits per heavy atom. The van der Waals surface area contributed by atoms with E-state index in [4.69, 9.17) is 5.73 Å². The number of halogens is 1. The Kier molecular flexibility index (Phi) is 4.76. The molecule has 162 valence electrons. The summed E-state index contributed by atoms with van der Waals surface area (Å²) in [6.45, 7) is 3.49. The van der Waals surface area contributed by atoms with E-state index >= 15 is 4.39 Å². The SMILES string of the molecule is CC1=C(N2CCC3C(N)CCCC3C2)C(F)=CN2C(=O)C(C(=O)O)=CC(C3CC3)C12. The number of aliphatic carboxylic acids is 1. The van der Waals surface area contributed by atoms with E-state index in [1.165, 1.54) is 11.1 Å². The third-order valence-electron chi connectivity index (χ3n) is 7.95. The molecule has 0 radical (unpaired) electrons. The fourth-order valence-electron chi connectivity index (χ4n) is 6.34. The Balaban J connectivity index is 1.49. The second-order valence-corrected chi connectivity index (χ2v) is 9.72. The van der Waals surface area contributed by atoms with Crippen LogP contribution in [0.5, 0.6) is 0 Å². The van der Waals surface area contributed by atoms with Gasteiger partial charge in [0, 0.05) is 31.2 Å². The number of carbonyl (C=O) groups excluding carboxylic acids is 1. The van der Waals surface area contributed by atoms with Gasteiger partial charge in [-0.1, -0.05) is 12.5 Å². The molecule has 5 rings (SSSR count). The van der Waals surface area contributed by atoms with E-state index in [1.807, 2.05) is 6.92 Å².